The number of methoxy groups -OCH3 is 1. The number of hydrogen-bond acceptors (Lipinski definition) is 7. The van der Waals surface area contributed by atoms with Crippen LogP contribution in [-0.2, 0) is 35.7 Å². The molecule has 1 aromatic carbocycles. The highest BCUT2D eigenvalue weighted by atomic mass is 32.2. The van der Waals surface area contributed by atoms with Crippen molar-refractivity contribution in [3.63, 3.8) is 0 Å². The molecule has 0 aromatic heterocycles. The molecule has 11 heteroatoms. The molecule has 1 atom stereocenters. The van der Waals surface area contributed by atoms with Crippen molar-refractivity contribution in [1.82, 2.24) is 14.9 Å². The fraction of sp³-hybridized carbons (Fsp3) is 0.474. The monoisotopic (exact) mass is 435 g/mol. The summed E-state index contributed by atoms with van der Waals surface area (Å²) in [7, 11) is -2.94. The Balaban J connectivity index is 1.65. The highest BCUT2D eigenvalue weighted by Crippen LogP contribution is 2.37. The Morgan fingerprint density at radius 3 is 2.60 bits per heavy atom. The molecule has 1 unspecified atom stereocenters. The largest absolute Gasteiger partial charge is 0.468 e. The maximum Gasteiger partial charge on any atom is 0.327 e. The molecule has 30 heavy (non-hydrogen) atoms. The molecule has 10 nitrogen and oxygen atoms in total. The molecule has 4 rings (SSSR count). The molecule has 2 N–H and O–H groups in total. The molecule has 2 heterocycles. The summed E-state index contributed by atoms with van der Waals surface area (Å²) in [6, 6.07) is 3.47. The first-order valence-corrected chi connectivity index (χ1v) is 11.1. The number of sulfonamides is 1. The van der Waals surface area contributed by atoms with Gasteiger partial charge in [-0.3, -0.25) is 24.5 Å². The zero-order chi connectivity index (χ0) is 21.7. The van der Waals surface area contributed by atoms with Crippen LogP contribution in [0.3, 0.4) is 0 Å². The van der Waals surface area contributed by atoms with Crippen molar-refractivity contribution in [3.8, 4) is 0 Å². The number of piperidine rings is 1. The van der Waals surface area contributed by atoms with Gasteiger partial charge in [-0.15, -0.1) is 0 Å². The van der Waals surface area contributed by atoms with Crippen molar-refractivity contribution in [2.45, 2.75) is 55.1 Å². The minimum atomic E-state index is -4.14. The number of hydrogen-bond donors (Lipinski definition) is 2. The molecular formula is C19H21N3O7S. The average molecular weight is 435 g/mol. The molecule has 0 radical (unpaired) electrons. The predicted molar refractivity (Wildman–Crippen MR) is 101 cm³/mol. The van der Waals surface area contributed by atoms with Crippen LogP contribution < -0.4 is 10.0 Å². The van der Waals surface area contributed by atoms with Crippen molar-refractivity contribution >= 4 is 33.7 Å². The van der Waals surface area contributed by atoms with Crippen LogP contribution in [0.1, 0.15) is 48.0 Å². The van der Waals surface area contributed by atoms with Gasteiger partial charge in [-0.2, -0.15) is 4.72 Å². The van der Waals surface area contributed by atoms with Gasteiger partial charge in [0.2, 0.25) is 21.8 Å². The smallest absolute Gasteiger partial charge is 0.327 e. The van der Waals surface area contributed by atoms with Gasteiger partial charge < -0.3 is 9.64 Å². The van der Waals surface area contributed by atoms with Gasteiger partial charge in [-0.1, -0.05) is 6.07 Å². The highest BCUT2D eigenvalue weighted by molar-refractivity contribution is 7.89. The molecule has 2 aliphatic heterocycles. The van der Waals surface area contributed by atoms with Gasteiger partial charge in [-0.05, 0) is 37.8 Å². The lowest BCUT2D eigenvalue weighted by atomic mass is 9.78. The van der Waals surface area contributed by atoms with Crippen LogP contribution >= 0.6 is 0 Å². The summed E-state index contributed by atoms with van der Waals surface area (Å²) < 4.78 is 33.5. The van der Waals surface area contributed by atoms with Crippen molar-refractivity contribution in [3.05, 3.63) is 29.3 Å². The Morgan fingerprint density at radius 2 is 2.00 bits per heavy atom. The number of benzene rings is 1. The normalized spacial score (nSPS) is 22.9. The van der Waals surface area contributed by atoms with Crippen LogP contribution in [0.5, 0.6) is 0 Å². The maximum atomic E-state index is 13.1. The number of carbonyl (C=O) groups excluding carboxylic acids is 4. The van der Waals surface area contributed by atoms with Crippen LogP contribution in [0.2, 0.25) is 0 Å². The zero-order valence-corrected chi connectivity index (χ0v) is 17.1. The maximum absolute atomic E-state index is 13.1. The molecule has 3 amide bonds. The molecule has 1 aliphatic carbocycles. The number of esters is 1. The second kappa shape index (κ2) is 7.17. The molecule has 3 aliphatic rings. The van der Waals surface area contributed by atoms with E-state index in [1.54, 1.807) is 0 Å². The van der Waals surface area contributed by atoms with E-state index in [1.807, 2.05) is 0 Å². The molecule has 1 aromatic rings. The van der Waals surface area contributed by atoms with Gasteiger partial charge in [-0.25, -0.2) is 8.42 Å². The molecule has 160 valence electrons. The number of amides is 3. The van der Waals surface area contributed by atoms with Crippen LogP contribution in [0, 0.1) is 0 Å². The van der Waals surface area contributed by atoms with Gasteiger partial charge in [0, 0.05) is 24.1 Å². The van der Waals surface area contributed by atoms with Crippen molar-refractivity contribution < 1.29 is 32.3 Å². The van der Waals surface area contributed by atoms with Gasteiger partial charge >= 0.3 is 5.97 Å². The zero-order valence-electron chi connectivity index (χ0n) is 16.3. The molecular weight excluding hydrogens is 414 g/mol. The summed E-state index contributed by atoms with van der Waals surface area (Å²) in [6.07, 6.45) is 1.62. The first-order chi connectivity index (χ1) is 14.2. The second-order valence-corrected chi connectivity index (χ2v) is 9.37. The van der Waals surface area contributed by atoms with E-state index in [1.165, 1.54) is 30.2 Å². The van der Waals surface area contributed by atoms with Crippen LogP contribution in [-0.4, -0.2) is 55.7 Å². The number of nitrogens with zero attached hydrogens (tertiary/aromatic N) is 1. The molecule has 2 fully saturated rings. The van der Waals surface area contributed by atoms with E-state index in [0.29, 0.717) is 19.3 Å². The summed E-state index contributed by atoms with van der Waals surface area (Å²) in [5.74, 6) is -2.09. The Labute approximate surface area is 173 Å². The van der Waals surface area contributed by atoms with E-state index in [9.17, 15) is 27.6 Å². The van der Waals surface area contributed by atoms with E-state index in [4.69, 9.17) is 4.74 Å². The van der Waals surface area contributed by atoms with E-state index in [0.717, 1.165) is 0 Å². The number of carbonyl (C=O) groups is 4. The summed E-state index contributed by atoms with van der Waals surface area (Å²) in [5.41, 5.74) is -0.857. The number of ether oxygens (including phenoxy) is 1. The summed E-state index contributed by atoms with van der Waals surface area (Å²) in [5, 5.41) is 2.21. The Morgan fingerprint density at radius 1 is 1.27 bits per heavy atom. The fourth-order valence-corrected chi connectivity index (χ4v) is 5.86. The summed E-state index contributed by atoms with van der Waals surface area (Å²) >= 11 is 0. The standard InChI is InChI=1S/C19H21N3O7S/c1-29-18(26)19(8-3-9-19)21-30(27,28)14-5-2-4-11-12(14)10-22(17(11)25)13-6-7-15(23)20-16(13)24/h2,4-5,13,21H,3,6-10H2,1H3,(H,20,23,24). The third-order valence-electron chi connectivity index (χ3n) is 5.94. The lowest BCUT2D eigenvalue weighted by Crippen LogP contribution is -2.59. The Bertz CT molecular complexity index is 1060. The van der Waals surface area contributed by atoms with E-state index in [2.05, 4.69) is 10.0 Å². The number of rotatable bonds is 5. The van der Waals surface area contributed by atoms with E-state index in [-0.39, 0.29) is 35.4 Å². The van der Waals surface area contributed by atoms with Gasteiger partial charge in [0.15, 0.2) is 0 Å². The summed E-state index contributed by atoms with van der Waals surface area (Å²) in [4.78, 5) is 49.8. The van der Waals surface area contributed by atoms with Crippen LogP contribution in [0.25, 0.3) is 0 Å². The third-order valence-corrected chi connectivity index (χ3v) is 7.56. The Kier molecular flexibility index (Phi) is 4.89. The van der Waals surface area contributed by atoms with Crippen LogP contribution in [0.15, 0.2) is 23.1 Å². The van der Waals surface area contributed by atoms with Crippen molar-refractivity contribution in [2.24, 2.45) is 0 Å². The number of nitrogens with one attached hydrogen (secondary N) is 2. The van der Waals surface area contributed by atoms with Gasteiger partial charge in [0.05, 0.1) is 12.0 Å². The quantitative estimate of drug-likeness (QED) is 0.483. The number of imide groups is 1. The van der Waals surface area contributed by atoms with Crippen molar-refractivity contribution in [2.75, 3.05) is 7.11 Å². The van der Waals surface area contributed by atoms with Crippen LogP contribution in [0.4, 0.5) is 0 Å². The van der Waals surface area contributed by atoms with E-state index >= 15 is 0 Å². The minimum Gasteiger partial charge on any atom is -0.468 e. The van der Waals surface area contributed by atoms with Crippen molar-refractivity contribution in [1.29, 1.82) is 0 Å². The first-order valence-electron chi connectivity index (χ1n) is 9.57. The first kappa shape index (κ1) is 20.5. The van der Waals surface area contributed by atoms with Gasteiger partial charge in [0.1, 0.15) is 11.6 Å². The lowest BCUT2D eigenvalue weighted by Gasteiger charge is -2.39. The molecule has 0 spiro atoms. The molecule has 1 saturated carbocycles. The Hall–Kier alpha value is -2.79. The second-order valence-electron chi connectivity index (χ2n) is 7.71. The fourth-order valence-electron chi connectivity index (χ4n) is 4.19. The summed E-state index contributed by atoms with van der Waals surface area (Å²) in [6.45, 7) is -0.0806. The van der Waals surface area contributed by atoms with E-state index < -0.39 is 45.3 Å². The highest BCUT2D eigenvalue weighted by Gasteiger charge is 2.49. The predicted octanol–water partition coefficient (Wildman–Crippen LogP) is -0.178. The average Bonchev–Trinajstić information content (AvgIpc) is 3.00. The molecule has 1 saturated heterocycles. The lowest BCUT2D eigenvalue weighted by molar-refractivity contribution is -0.151. The molecule has 0 bridgehead atoms. The number of fused-ring (bicyclic) bond motifs is 1. The van der Waals surface area contributed by atoms with Gasteiger partial charge in [0.25, 0.3) is 5.91 Å². The third kappa shape index (κ3) is 3.18. The SMILES string of the molecule is COC(=O)C1(NS(=O)(=O)c2cccc3c2CN(C2CCC(=O)NC2=O)C3=O)CCC1. The minimum absolute atomic E-state index is 0.0806. The topological polar surface area (TPSA) is 139 Å².